The van der Waals surface area contributed by atoms with Crippen molar-refractivity contribution >= 4 is 5.69 Å². The van der Waals surface area contributed by atoms with Crippen LogP contribution < -0.4 is 4.90 Å². The van der Waals surface area contributed by atoms with Crippen LogP contribution in [0.1, 0.15) is 56.8 Å². The molecule has 1 N–H and O–H groups in total. The summed E-state index contributed by atoms with van der Waals surface area (Å²) in [4.78, 5) is 4.96. The molecule has 0 saturated carbocycles. The monoisotopic (exact) mass is 316 g/mol. The molecule has 2 aliphatic rings. The van der Waals surface area contributed by atoms with Crippen LogP contribution in [0.15, 0.2) is 18.2 Å². The third kappa shape index (κ3) is 4.07. The number of likely N-dealkylation sites (tertiary alicyclic amines) is 1. The second-order valence-electron chi connectivity index (χ2n) is 7.40. The lowest BCUT2D eigenvalue weighted by Crippen LogP contribution is -2.34. The maximum atomic E-state index is 10.6. The lowest BCUT2D eigenvalue weighted by Gasteiger charge is -2.32. The van der Waals surface area contributed by atoms with Gasteiger partial charge in [-0.15, -0.1) is 0 Å². The van der Waals surface area contributed by atoms with Crippen molar-refractivity contribution in [2.45, 2.75) is 52.1 Å². The van der Waals surface area contributed by atoms with E-state index in [0.717, 1.165) is 37.4 Å². The van der Waals surface area contributed by atoms with Crippen molar-refractivity contribution in [3.05, 3.63) is 29.3 Å². The van der Waals surface area contributed by atoms with E-state index in [4.69, 9.17) is 0 Å². The Morgan fingerprint density at radius 2 is 2.00 bits per heavy atom. The van der Waals surface area contributed by atoms with Gasteiger partial charge in [0, 0.05) is 25.3 Å². The molecular formula is C20H32N2O. The number of rotatable bonds is 5. The van der Waals surface area contributed by atoms with E-state index in [0.29, 0.717) is 0 Å². The van der Waals surface area contributed by atoms with Crippen LogP contribution in [0.3, 0.4) is 0 Å². The normalized spacial score (nSPS) is 21.3. The molecule has 3 nitrogen and oxygen atoms in total. The smallest absolute Gasteiger partial charge is 0.0802 e. The quantitative estimate of drug-likeness (QED) is 0.899. The Bertz CT molecular complexity index is 508. The first-order valence-corrected chi connectivity index (χ1v) is 9.45. The number of benzene rings is 1. The third-order valence-electron chi connectivity index (χ3n) is 5.68. The minimum atomic E-state index is -0.323. The van der Waals surface area contributed by atoms with Gasteiger partial charge in [0.1, 0.15) is 0 Å². The fourth-order valence-corrected chi connectivity index (χ4v) is 3.99. The summed E-state index contributed by atoms with van der Waals surface area (Å²) in [6.45, 7) is 10.2. The fraction of sp³-hybridized carbons (Fsp3) is 0.700. The molecule has 0 spiro atoms. The van der Waals surface area contributed by atoms with Crippen LogP contribution >= 0.6 is 0 Å². The maximum Gasteiger partial charge on any atom is 0.0802 e. The molecule has 2 aliphatic heterocycles. The number of nitrogens with zero attached hydrogens (tertiary/aromatic N) is 2. The van der Waals surface area contributed by atoms with Gasteiger partial charge in [0.05, 0.1) is 6.10 Å². The van der Waals surface area contributed by atoms with Gasteiger partial charge < -0.3 is 14.9 Å². The first-order chi connectivity index (χ1) is 11.2. The van der Waals surface area contributed by atoms with Crippen LogP contribution in [-0.2, 0) is 6.42 Å². The number of fused-ring (bicyclic) bond motifs is 1. The summed E-state index contributed by atoms with van der Waals surface area (Å²) in [7, 11) is 0. The maximum absolute atomic E-state index is 10.6. The Morgan fingerprint density at radius 3 is 2.74 bits per heavy atom. The average molecular weight is 316 g/mol. The van der Waals surface area contributed by atoms with Crippen LogP contribution in [0.4, 0.5) is 5.69 Å². The van der Waals surface area contributed by atoms with Gasteiger partial charge in [0.15, 0.2) is 0 Å². The van der Waals surface area contributed by atoms with Gasteiger partial charge in [-0.1, -0.05) is 19.1 Å². The summed E-state index contributed by atoms with van der Waals surface area (Å²) in [6.07, 6.45) is 5.52. The molecule has 3 heteroatoms. The lowest BCUT2D eigenvalue weighted by atomic mass is 9.95. The Balaban J connectivity index is 1.58. The van der Waals surface area contributed by atoms with Crippen LogP contribution in [0, 0.1) is 5.92 Å². The van der Waals surface area contributed by atoms with E-state index in [2.05, 4.69) is 41.8 Å². The Labute approximate surface area is 141 Å². The number of aliphatic hydroxyl groups is 1. The second kappa shape index (κ2) is 7.67. The van der Waals surface area contributed by atoms with E-state index in [-0.39, 0.29) is 6.10 Å². The number of hydrogen-bond acceptors (Lipinski definition) is 3. The SMILES string of the molecule is CCN1CCCc2cc(C(O)CCN3CCC(C)CC3)ccc21. The molecule has 0 aromatic heterocycles. The average Bonchev–Trinajstić information content (AvgIpc) is 2.60. The summed E-state index contributed by atoms with van der Waals surface area (Å²) in [5.41, 5.74) is 3.90. The lowest BCUT2D eigenvalue weighted by molar-refractivity contribution is 0.125. The molecule has 23 heavy (non-hydrogen) atoms. The molecule has 1 fully saturated rings. The highest BCUT2D eigenvalue weighted by molar-refractivity contribution is 5.57. The molecule has 0 radical (unpaired) electrons. The summed E-state index contributed by atoms with van der Waals surface area (Å²) in [5.74, 6) is 0.873. The molecule has 1 unspecified atom stereocenters. The highest BCUT2D eigenvalue weighted by atomic mass is 16.3. The van der Waals surface area contributed by atoms with Crippen molar-refractivity contribution < 1.29 is 5.11 Å². The zero-order valence-corrected chi connectivity index (χ0v) is 14.8. The molecular weight excluding hydrogens is 284 g/mol. The number of piperidine rings is 1. The molecule has 1 atom stereocenters. The van der Waals surface area contributed by atoms with E-state index >= 15 is 0 Å². The number of anilines is 1. The van der Waals surface area contributed by atoms with Crippen molar-refractivity contribution in [2.24, 2.45) is 5.92 Å². The molecule has 1 aromatic carbocycles. The van der Waals surface area contributed by atoms with Crippen molar-refractivity contribution in [2.75, 3.05) is 37.6 Å². The minimum Gasteiger partial charge on any atom is -0.388 e. The van der Waals surface area contributed by atoms with Gasteiger partial charge in [0.25, 0.3) is 0 Å². The topological polar surface area (TPSA) is 26.7 Å². The first kappa shape index (κ1) is 16.8. The summed E-state index contributed by atoms with van der Waals surface area (Å²) in [5, 5.41) is 10.6. The van der Waals surface area contributed by atoms with E-state index < -0.39 is 0 Å². The van der Waals surface area contributed by atoms with Gasteiger partial charge in [-0.05, 0) is 75.2 Å². The molecule has 0 aliphatic carbocycles. The number of hydrogen-bond donors (Lipinski definition) is 1. The highest BCUT2D eigenvalue weighted by Crippen LogP contribution is 2.30. The zero-order valence-electron chi connectivity index (χ0n) is 14.8. The van der Waals surface area contributed by atoms with E-state index in [1.54, 1.807) is 0 Å². The zero-order chi connectivity index (χ0) is 16.2. The molecule has 1 aromatic rings. The Morgan fingerprint density at radius 1 is 1.22 bits per heavy atom. The summed E-state index contributed by atoms with van der Waals surface area (Å²) >= 11 is 0. The molecule has 1 saturated heterocycles. The largest absolute Gasteiger partial charge is 0.388 e. The molecule has 128 valence electrons. The van der Waals surface area contributed by atoms with Crippen LogP contribution in [-0.4, -0.2) is 42.7 Å². The van der Waals surface area contributed by atoms with Crippen LogP contribution in [0.5, 0.6) is 0 Å². The summed E-state index contributed by atoms with van der Waals surface area (Å²) in [6, 6.07) is 6.61. The van der Waals surface area contributed by atoms with Gasteiger partial charge >= 0.3 is 0 Å². The second-order valence-corrected chi connectivity index (χ2v) is 7.40. The van der Waals surface area contributed by atoms with E-state index in [9.17, 15) is 5.11 Å². The molecule has 0 bridgehead atoms. The first-order valence-electron chi connectivity index (χ1n) is 9.45. The Kier molecular flexibility index (Phi) is 5.60. The van der Waals surface area contributed by atoms with Crippen molar-refractivity contribution in [3.63, 3.8) is 0 Å². The predicted molar refractivity (Wildman–Crippen MR) is 97.1 cm³/mol. The molecule has 2 heterocycles. The van der Waals surface area contributed by atoms with E-state index in [1.165, 1.54) is 50.1 Å². The molecule has 0 amide bonds. The van der Waals surface area contributed by atoms with Gasteiger partial charge in [-0.25, -0.2) is 0 Å². The van der Waals surface area contributed by atoms with Crippen LogP contribution in [0.25, 0.3) is 0 Å². The third-order valence-corrected chi connectivity index (χ3v) is 5.68. The van der Waals surface area contributed by atoms with Gasteiger partial charge in [0.2, 0.25) is 0 Å². The number of aryl methyl sites for hydroxylation is 1. The van der Waals surface area contributed by atoms with Gasteiger partial charge in [-0.2, -0.15) is 0 Å². The number of aliphatic hydroxyl groups excluding tert-OH is 1. The Hall–Kier alpha value is -1.06. The van der Waals surface area contributed by atoms with Crippen molar-refractivity contribution in [1.82, 2.24) is 4.90 Å². The predicted octanol–water partition coefficient (Wildman–Crippen LogP) is 3.61. The molecule has 3 rings (SSSR count). The fourth-order valence-electron chi connectivity index (χ4n) is 3.99. The van der Waals surface area contributed by atoms with Crippen molar-refractivity contribution in [1.29, 1.82) is 0 Å². The van der Waals surface area contributed by atoms with Gasteiger partial charge in [-0.3, -0.25) is 0 Å². The highest BCUT2D eigenvalue weighted by Gasteiger charge is 2.19. The standard InChI is InChI=1S/C20H32N2O/c1-3-22-11-4-5-17-15-18(6-7-19(17)22)20(23)10-14-21-12-8-16(2)9-13-21/h6-7,15-16,20,23H,3-5,8-14H2,1-2H3. The van der Waals surface area contributed by atoms with E-state index in [1.807, 2.05) is 0 Å². The van der Waals surface area contributed by atoms with Crippen molar-refractivity contribution in [3.8, 4) is 0 Å². The minimum absolute atomic E-state index is 0.323. The summed E-state index contributed by atoms with van der Waals surface area (Å²) < 4.78 is 0. The van der Waals surface area contributed by atoms with Crippen LogP contribution in [0.2, 0.25) is 0 Å².